The van der Waals surface area contributed by atoms with Crippen molar-refractivity contribution in [2.45, 2.75) is 36.7 Å². The maximum Gasteiger partial charge on any atom is 0.264 e. The molecule has 23 heavy (non-hydrogen) atoms. The molecule has 1 amide bonds. The highest BCUT2D eigenvalue weighted by Gasteiger charge is 2.23. The summed E-state index contributed by atoms with van der Waals surface area (Å²) >= 11 is 0. The lowest BCUT2D eigenvalue weighted by Gasteiger charge is -2.19. The van der Waals surface area contributed by atoms with Gasteiger partial charge in [-0.1, -0.05) is 0 Å². The van der Waals surface area contributed by atoms with Gasteiger partial charge in [-0.3, -0.25) is 4.79 Å². The van der Waals surface area contributed by atoms with Crippen LogP contribution in [0, 0.1) is 0 Å². The van der Waals surface area contributed by atoms with E-state index in [9.17, 15) is 13.2 Å². The first-order chi connectivity index (χ1) is 11.0. The molecular weight excluding hydrogens is 322 g/mol. The quantitative estimate of drug-likeness (QED) is 0.866. The Morgan fingerprint density at radius 2 is 1.96 bits per heavy atom. The van der Waals surface area contributed by atoms with Gasteiger partial charge in [-0.05, 0) is 31.4 Å². The van der Waals surface area contributed by atoms with Gasteiger partial charge in [0.05, 0.1) is 11.0 Å². The van der Waals surface area contributed by atoms with E-state index in [-0.39, 0.29) is 17.4 Å². The predicted molar refractivity (Wildman–Crippen MR) is 81.0 cm³/mol. The highest BCUT2D eigenvalue weighted by molar-refractivity contribution is 7.90. The summed E-state index contributed by atoms with van der Waals surface area (Å²) in [6.07, 6.45) is 2.61. The van der Waals surface area contributed by atoms with Crippen molar-refractivity contribution in [3.63, 3.8) is 0 Å². The van der Waals surface area contributed by atoms with Gasteiger partial charge in [0.15, 0.2) is 11.5 Å². The van der Waals surface area contributed by atoms with Crippen LogP contribution in [0.2, 0.25) is 0 Å². The van der Waals surface area contributed by atoms with Gasteiger partial charge in [-0.15, -0.1) is 0 Å². The molecular formula is C15H19NO6S. The van der Waals surface area contributed by atoms with Crippen LogP contribution in [-0.2, 0) is 19.6 Å². The number of hydrogen-bond acceptors (Lipinski definition) is 6. The lowest BCUT2D eigenvalue weighted by molar-refractivity contribution is -0.119. The standard InChI is InChI=1S/C15H19NO6S/c17-15(6-3-11-2-1-7-20-11)16-23(18,19)12-4-5-13-14(10-12)22-9-8-21-13/h4-5,10-11H,1-3,6-9H2,(H,16,17)/t11-/m1/s1. The first-order valence-electron chi connectivity index (χ1n) is 7.61. The zero-order chi connectivity index (χ0) is 16.3. The van der Waals surface area contributed by atoms with E-state index < -0.39 is 15.9 Å². The number of benzene rings is 1. The van der Waals surface area contributed by atoms with Crippen LogP contribution >= 0.6 is 0 Å². The molecule has 1 aromatic rings. The average molecular weight is 341 g/mol. The second-order valence-electron chi connectivity index (χ2n) is 5.51. The Morgan fingerprint density at radius 3 is 2.70 bits per heavy atom. The molecule has 0 unspecified atom stereocenters. The van der Waals surface area contributed by atoms with E-state index in [0.717, 1.165) is 12.8 Å². The van der Waals surface area contributed by atoms with Gasteiger partial charge in [-0.2, -0.15) is 0 Å². The van der Waals surface area contributed by atoms with Gasteiger partial charge in [0, 0.05) is 19.1 Å². The molecule has 1 aromatic carbocycles. The summed E-state index contributed by atoms with van der Waals surface area (Å²) in [5.74, 6) is 0.334. The number of nitrogens with one attached hydrogen (secondary N) is 1. The molecule has 0 bridgehead atoms. The zero-order valence-corrected chi connectivity index (χ0v) is 13.4. The van der Waals surface area contributed by atoms with Crippen molar-refractivity contribution in [1.29, 1.82) is 0 Å². The van der Waals surface area contributed by atoms with Crippen LogP contribution < -0.4 is 14.2 Å². The molecule has 0 aliphatic carbocycles. The van der Waals surface area contributed by atoms with Gasteiger partial charge < -0.3 is 14.2 Å². The largest absolute Gasteiger partial charge is 0.486 e. The van der Waals surface area contributed by atoms with E-state index in [1.165, 1.54) is 18.2 Å². The first kappa shape index (κ1) is 16.1. The molecule has 2 aliphatic rings. The van der Waals surface area contributed by atoms with Crippen molar-refractivity contribution in [1.82, 2.24) is 4.72 Å². The minimum absolute atomic E-state index is 0.0211. The van der Waals surface area contributed by atoms with Gasteiger partial charge in [-0.25, -0.2) is 13.1 Å². The maximum absolute atomic E-state index is 12.3. The number of amides is 1. The summed E-state index contributed by atoms with van der Waals surface area (Å²) in [6, 6.07) is 4.29. The molecule has 1 saturated heterocycles. The fourth-order valence-electron chi connectivity index (χ4n) is 2.61. The second kappa shape index (κ2) is 6.76. The van der Waals surface area contributed by atoms with Gasteiger partial charge >= 0.3 is 0 Å². The van der Waals surface area contributed by atoms with E-state index in [1.807, 2.05) is 0 Å². The Bertz CT molecular complexity index is 681. The van der Waals surface area contributed by atoms with Crippen LogP contribution in [0.3, 0.4) is 0 Å². The summed E-state index contributed by atoms with van der Waals surface area (Å²) in [5, 5.41) is 0. The molecule has 1 N–H and O–H groups in total. The Hall–Kier alpha value is -1.80. The summed E-state index contributed by atoms with van der Waals surface area (Å²) in [4.78, 5) is 11.9. The first-order valence-corrected chi connectivity index (χ1v) is 9.10. The van der Waals surface area contributed by atoms with E-state index in [2.05, 4.69) is 4.72 Å². The van der Waals surface area contributed by atoms with Gasteiger partial charge in [0.1, 0.15) is 13.2 Å². The monoisotopic (exact) mass is 341 g/mol. The van der Waals surface area contributed by atoms with Crippen LogP contribution in [0.4, 0.5) is 0 Å². The van der Waals surface area contributed by atoms with Crippen molar-refractivity contribution in [3.8, 4) is 11.5 Å². The summed E-state index contributed by atoms with van der Waals surface area (Å²) < 4.78 is 42.7. The minimum Gasteiger partial charge on any atom is -0.486 e. The van der Waals surface area contributed by atoms with Crippen molar-refractivity contribution in [2.75, 3.05) is 19.8 Å². The minimum atomic E-state index is -3.91. The SMILES string of the molecule is O=C(CC[C@H]1CCCO1)NS(=O)(=O)c1ccc2c(c1)OCCO2. The molecule has 0 radical (unpaired) electrons. The second-order valence-corrected chi connectivity index (χ2v) is 7.19. The Kier molecular flexibility index (Phi) is 4.72. The van der Waals surface area contributed by atoms with E-state index in [4.69, 9.17) is 14.2 Å². The smallest absolute Gasteiger partial charge is 0.264 e. The molecule has 2 aliphatic heterocycles. The van der Waals surface area contributed by atoms with Crippen LogP contribution in [0.25, 0.3) is 0 Å². The van der Waals surface area contributed by atoms with Crippen molar-refractivity contribution in [3.05, 3.63) is 18.2 Å². The molecule has 1 atom stereocenters. The zero-order valence-electron chi connectivity index (χ0n) is 12.6. The van der Waals surface area contributed by atoms with Crippen LogP contribution in [-0.4, -0.2) is 40.2 Å². The fraction of sp³-hybridized carbons (Fsp3) is 0.533. The number of hydrogen-bond donors (Lipinski definition) is 1. The van der Waals surface area contributed by atoms with E-state index in [1.54, 1.807) is 0 Å². The normalized spacial score (nSPS) is 20.3. The number of carbonyl (C=O) groups excluding carboxylic acids is 1. The highest BCUT2D eigenvalue weighted by Crippen LogP contribution is 2.32. The molecule has 0 spiro atoms. The van der Waals surface area contributed by atoms with Crippen LogP contribution in [0.1, 0.15) is 25.7 Å². The fourth-order valence-corrected chi connectivity index (χ4v) is 3.64. The molecule has 8 heteroatoms. The lowest BCUT2D eigenvalue weighted by Crippen LogP contribution is -2.31. The predicted octanol–water partition coefficient (Wildman–Crippen LogP) is 1.22. The molecule has 0 saturated carbocycles. The maximum atomic E-state index is 12.3. The Balaban J connectivity index is 1.62. The van der Waals surface area contributed by atoms with Crippen LogP contribution in [0.15, 0.2) is 23.1 Å². The number of rotatable bonds is 5. The average Bonchev–Trinajstić information content (AvgIpc) is 3.05. The number of carbonyl (C=O) groups is 1. The molecule has 7 nitrogen and oxygen atoms in total. The number of sulfonamides is 1. The Morgan fingerprint density at radius 1 is 1.17 bits per heavy atom. The molecule has 1 fully saturated rings. The third-order valence-electron chi connectivity index (χ3n) is 3.79. The number of fused-ring (bicyclic) bond motifs is 1. The summed E-state index contributed by atoms with van der Waals surface area (Å²) in [5.41, 5.74) is 0. The topological polar surface area (TPSA) is 90.9 Å². The van der Waals surface area contributed by atoms with E-state index >= 15 is 0 Å². The molecule has 126 valence electrons. The molecule has 2 heterocycles. The molecule has 0 aromatic heterocycles. The lowest BCUT2D eigenvalue weighted by atomic mass is 10.1. The van der Waals surface area contributed by atoms with E-state index in [0.29, 0.717) is 37.7 Å². The highest BCUT2D eigenvalue weighted by atomic mass is 32.2. The van der Waals surface area contributed by atoms with Gasteiger partial charge in [0.25, 0.3) is 10.0 Å². The van der Waals surface area contributed by atoms with Gasteiger partial charge in [0.2, 0.25) is 5.91 Å². The van der Waals surface area contributed by atoms with Crippen LogP contribution in [0.5, 0.6) is 11.5 Å². The summed E-state index contributed by atoms with van der Waals surface area (Å²) in [7, 11) is -3.91. The third kappa shape index (κ3) is 3.94. The summed E-state index contributed by atoms with van der Waals surface area (Å²) in [6.45, 7) is 1.51. The molecule has 3 rings (SSSR count). The van der Waals surface area contributed by atoms with Crippen molar-refractivity contribution in [2.24, 2.45) is 0 Å². The third-order valence-corrected chi connectivity index (χ3v) is 5.16. The Labute approximate surface area is 135 Å². The number of ether oxygens (including phenoxy) is 3. The van der Waals surface area contributed by atoms with Crippen molar-refractivity contribution >= 4 is 15.9 Å². The van der Waals surface area contributed by atoms with Crippen molar-refractivity contribution < 1.29 is 27.4 Å².